The molecule has 0 radical (unpaired) electrons. The van der Waals surface area contributed by atoms with E-state index in [1.165, 1.54) is 80.3 Å². The molecule has 0 aliphatic carbocycles. The number of fused-ring (bicyclic) bond motifs is 1. The van der Waals surface area contributed by atoms with Gasteiger partial charge in [0.2, 0.25) is 94.5 Å². The lowest BCUT2D eigenvalue weighted by molar-refractivity contribution is -0.142. The number of nitrogens with one attached hydrogen (secondary N) is 16. The molecule has 1 aromatic heterocycles. The lowest BCUT2D eigenvalue weighted by Crippen LogP contribution is -2.62. The van der Waals surface area contributed by atoms with Crippen LogP contribution in [0.4, 0.5) is 0 Å². The molecule has 1 heterocycles. The van der Waals surface area contributed by atoms with E-state index in [2.05, 4.69) is 84.7 Å². The predicted molar refractivity (Wildman–Crippen MR) is 466 cm³/mol. The van der Waals surface area contributed by atoms with Gasteiger partial charge in [0.15, 0.2) is 0 Å². The minimum atomic E-state index is -2.25. The number of carboxylic acids is 5. The number of carboxylic acid groups (broad SMARTS) is 5. The molecule has 3 aromatic carbocycles. The Morgan fingerprint density at radius 2 is 0.765 bits per heavy atom. The average Bonchev–Trinajstić information content (AvgIpc) is 1.67. The van der Waals surface area contributed by atoms with Crippen LogP contribution in [0.1, 0.15) is 142 Å². The first kappa shape index (κ1) is 110. The normalized spacial score (nSPS) is 14.7. The number of aromatic nitrogens is 1. The fraction of sp³-hybridized carbons (Fsp3) is 0.500. The lowest BCUT2D eigenvalue weighted by Gasteiger charge is -2.30. The first-order valence-corrected chi connectivity index (χ1v) is 43.1. The van der Waals surface area contributed by atoms with Gasteiger partial charge in [-0.2, -0.15) is 11.8 Å². The number of hydrogen-bond donors (Lipinski definition) is 25. The Hall–Kier alpha value is -14.3. The van der Waals surface area contributed by atoms with Crippen molar-refractivity contribution in [3.63, 3.8) is 0 Å². The number of primary amides is 1. The van der Waals surface area contributed by atoms with Crippen molar-refractivity contribution in [3.8, 4) is 11.5 Å². The van der Waals surface area contributed by atoms with Gasteiger partial charge in [-0.3, -0.25) is 101 Å². The first-order valence-electron chi connectivity index (χ1n) is 41.7. The summed E-state index contributed by atoms with van der Waals surface area (Å²) in [7, 11) is 0. The predicted octanol–water partition coefficient (Wildman–Crippen LogP) is -4.61. The molecule has 0 spiro atoms. The fourth-order valence-corrected chi connectivity index (χ4v) is 13.5. The van der Waals surface area contributed by atoms with E-state index in [4.69, 9.17) is 10.8 Å². The minimum Gasteiger partial charge on any atom is -0.508 e. The van der Waals surface area contributed by atoms with Crippen LogP contribution < -0.4 is 85.5 Å². The van der Waals surface area contributed by atoms with Crippen molar-refractivity contribution in [2.75, 3.05) is 18.6 Å². The SMILES string of the molecule is CC[C@H](C)[C@H](NC(=O)[C@H](CCC(=O)O)NC(=O)[C@H](CC(=O)O)NC(=O)[C@H](Cc1ccc(O)cc1)NC(=O)[C@H](Cc1ccc(O)cc1)NC(=O)[C@H](Cc1c[nH]c2ccccc12)NC(=O)[C@H](CC(=O)O)NC(=O)[C@H](CCC(N)=O)NC(=O)[C@H](C)NC(C)=O)C(=O)N[C@@H](CC(C)C)C(=O)N[C@@H](CO)C(=O)N[C@@H](CCSC)C(=O)N[C@@H](C)C(=O)N[C@@H](CC(=O)O)C(=O)N[C@H](C=O)CCC(=O)O. The molecule has 16 atom stereocenters. The molecular weight excluding hydrogens is 1760 g/mol. The third-order valence-corrected chi connectivity index (χ3v) is 20.9. The quantitative estimate of drug-likeness (QED) is 0.0185. The van der Waals surface area contributed by atoms with Gasteiger partial charge in [0, 0.05) is 62.5 Å². The van der Waals surface area contributed by atoms with E-state index in [1.54, 1.807) is 51.3 Å². The molecule has 0 aliphatic heterocycles. The molecule has 4 rings (SSSR count). The van der Waals surface area contributed by atoms with Gasteiger partial charge in [-0.1, -0.05) is 76.6 Å². The molecule has 0 bridgehead atoms. The number of aliphatic carboxylic acids is 5. The summed E-state index contributed by atoms with van der Waals surface area (Å²) < 4.78 is 0. The summed E-state index contributed by atoms with van der Waals surface area (Å²) in [5.74, 6) is -28.0. The molecule has 0 fully saturated rings. The average molecular weight is 1880 g/mol. The number of hydrogen-bond acceptors (Lipinski definition) is 26. The third kappa shape index (κ3) is 38.5. The van der Waals surface area contributed by atoms with Gasteiger partial charge < -0.3 is 136 Å². The minimum absolute atomic E-state index is 0.0805. The molecule has 48 heteroatoms. The number of aromatic hydroxyl groups is 2. The second kappa shape index (κ2) is 54.9. The van der Waals surface area contributed by atoms with Crippen LogP contribution in [0.5, 0.6) is 11.5 Å². The highest BCUT2D eigenvalue weighted by Gasteiger charge is 2.41. The number of carbonyl (C=O) groups excluding carboxylic acids is 17. The highest BCUT2D eigenvalue weighted by atomic mass is 32.2. The number of thioether (sulfide) groups is 1. The number of phenols is 2. The number of rotatable bonds is 59. The summed E-state index contributed by atoms with van der Waals surface area (Å²) >= 11 is 1.21. The van der Waals surface area contributed by atoms with E-state index in [0.717, 1.165) is 13.8 Å². The van der Waals surface area contributed by atoms with E-state index in [9.17, 15) is 127 Å². The second-order valence-corrected chi connectivity index (χ2v) is 32.5. The number of carbonyl (C=O) groups is 22. The van der Waals surface area contributed by atoms with Crippen LogP contribution in [-0.2, 0) is 125 Å². The topological polar surface area (TPSA) is 760 Å². The van der Waals surface area contributed by atoms with Crippen LogP contribution in [-0.4, -0.2) is 286 Å². The Morgan fingerprint density at radius 1 is 0.402 bits per heavy atom. The van der Waals surface area contributed by atoms with Crippen molar-refractivity contribution in [2.45, 2.75) is 235 Å². The van der Waals surface area contributed by atoms with Crippen LogP contribution in [0.3, 0.4) is 0 Å². The zero-order chi connectivity index (χ0) is 98.9. The van der Waals surface area contributed by atoms with Gasteiger partial charge in [-0.05, 0) is 117 Å². The Labute approximate surface area is 759 Å². The smallest absolute Gasteiger partial charge is 0.305 e. The number of benzene rings is 3. The molecule has 26 N–H and O–H groups in total. The largest absolute Gasteiger partial charge is 0.508 e. The fourth-order valence-electron chi connectivity index (χ4n) is 13.0. The summed E-state index contributed by atoms with van der Waals surface area (Å²) in [5, 5.41) is 116. The monoisotopic (exact) mass is 1870 g/mol. The van der Waals surface area contributed by atoms with E-state index in [-0.39, 0.29) is 60.3 Å². The summed E-state index contributed by atoms with van der Waals surface area (Å²) in [6.07, 6.45) is -5.74. The van der Waals surface area contributed by atoms with Crippen molar-refractivity contribution in [1.29, 1.82) is 0 Å². The number of aliphatic hydroxyl groups excluding tert-OH is 1. The molecule has 0 saturated carbocycles. The Bertz CT molecular complexity index is 4780. The molecule has 132 heavy (non-hydrogen) atoms. The summed E-state index contributed by atoms with van der Waals surface area (Å²) in [4.78, 5) is 298. The second-order valence-electron chi connectivity index (χ2n) is 31.5. The maximum atomic E-state index is 15.2. The Balaban J connectivity index is 1.69. The number of aliphatic hydroxyl groups is 1. The molecule has 16 amide bonds. The highest BCUT2D eigenvalue weighted by Crippen LogP contribution is 2.22. The first-order chi connectivity index (χ1) is 62.1. The van der Waals surface area contributed by atoms with E-state index in [0.29, 0.717) is 16.5 Å². The summed E-state index contributed by atoms with van der Waals surface area (Å²) in [6.45, 7) is 8.65. The van der Waals surface area contributed by atoms with Crippen molar-refractivity contribution in [3.05, 3.63) is 95.7 Å². The van der Waals surface area contributed by atoms with Gasteiger partial charge >= 0.3 is 29.8 Å². The molecule has 0 aliphatic rings. The third-order valence-electron chi connectivity index (χ3n) is 20.3. The molecule has 4 aromatic rings. The van der Waals surface area contributed by atoms with Crippen LogP contribution in [0, 0.1) is 11.8 Å². The van der Waals surface area contributed by atoms with Crippen LogP contribution in [0.25, 0.3) is 10.9 Å². The summed E-state index contributed by atoms with van der Waals surface area (Å²) in [5.41, 5.74) is 6.58. The molecule has 0 unspecified atom stereocenters. The maximum Gasteiger partial charge on any atom is 0.305 e. The Morgan fingerprint density at radius 3 is 1.20 bits per heavy atom. The van der Waals surface area contributed by atoms with Crippen LogP contribution >= 0.6 is 11.8 Å². The van der Waals surface area contributed by atoms with E-state index >= 15 is 14.4 Å². The van der Waals surface area contributed by atoms with Crippen molar-refractivity contribution < 1.29 is 146 Å². The zero-order valence-corrected chi connectivity index (χ0v) is 74.3. The lowest BCUT2D eigenvalue weighted by atomic mass is 9.96. The van der Waals surface area contributed by atoms with Crippen molar-refractivity contribution in [2.24, 2.45) is 17.6 Å². The van der Waals surface area contributed by atoms with Crippen LogP contribution in [0.15, 0.2) is 79.0 Å². The van der Waals surface area contributed by atoms with Gasteiger partial charge in [0.25, 0.3) is 0 Å². The van der Waals surface area contributed by atoms with Crippen molar-refractivity contribution >= 4 is 153 Å². The number of aldehydes is 1. The molecule has 47 nitrogen and oxygen atoms in total. The van der Waals surface area contributed by atoms with Crippen LogP contribution in [0.2, 0.25) is 0 Å². The summed E-state index contributed by atoms with van der Waals surface area (Å²) in [6, 6.07) is -9.82. The molecule has 722 valence electrons. The molecular formula is C84H115N17O30S. The van der Waals surface area contributed by atoms with Gasteiger partial charge in [-0.25, -0.2) is 0 Å². The number of amides is 16. The standard InChI is InChI=1S/C84H115N17O30S/c1-9-41(4)70(84(131)99-56(30-40(2)3)77(124)100-63(39-103)83(130)92-55(28-29-132-8)73(120)88-43(6)72(119)93-60(34-67(112)113)76(123)89-48(38-102)18-26-65(108)109)101-75(122)54(24-27-66(110)111)91-81(128)61(35-68(114)115)98-79(126)58(32-46-16-21-50(106)22-17-46)94-78(125)57(31-45-14-19-49(105)20-15-45)95-80(127)59(33-47-37-86-52-13-11-10-12-51(47)52)96-82(129)62(36-69(116)117)97-74(121)53(23-25-64(85)107)90-71(118)42(5)87-44(7)104/h10-17,19-22,37-38,40-43,48,53-63,70,86,103,105-106H,9,18,23-36,39H2,1-8H3,(H2,85,107)(H,87,104)(H,88,120)(H,89,123)(H,90,118)(H,91,128)(H,92,130)(H,93,119)(H,94,125)(H,95,127)(H,96,129)(H,97,121)(H,98,126)(H,99,131)(H,100,124)(H,101,122)(H,108,109)(H,110,111)(H,112,113)(H,114,115)(H,116,117)/t41-,42-,43-,48-,53-,54-,55-,56-,57-,58-,59-,60-,61-,62-,63-,70-/m0/s1. The van der Waals surface area contributed by atoms with Gasteiger partial charge in [0.1, 0.15) is 102 Å². The number of phenolic OH excluding ortho intramolecular Hbond substituents is 2. The molecule has 0 saturated heterocycles. The maximum absolute atomic E-state index is 15.2. The number of para-hydroxylation sites is 1. The number of H-pyrrole nitrogens is 1. The van der Waals surface area contributed by atoms with E-state index in [1.807, 2.05) is 0 Å². The number of aromatic amines is 1. The highest BCUT2D eigenvalue weighted by molar-refractivity contribution is 7.98. The van der Waals surface area contributed by atoms with Gasteiger partial charge in [-0.15, -0.1) is 0 Å². The number of nitrogens with two attached hydrogens (primary N) is 1. The Kier molecular flexibility index (Phi) is 45.7. The van der Waals surface area contributed by atoms with Gasteiger partial charge in [0.05, 0.1) is 31.9 Å². The van der Waals surface area contributed by atoms with E-state index < -0.39 is 304 Å². The zero-order valence-electron chi connectivity index (χ0n) is 73.5. The van der Waals surface area contributed by atoms with Crippen molar-refractivity contribution in [1.82, 2.24) is 84.7 Å².